The Bertz CT molecular complexity index is 508. The molecule has 0 amide bonds. The van der Waals surface area contributed by atoms with Gasteiger partial charge in [0.15, 0.2) is 0 Å². The molecular weight excluding hydrogens is 242 g/mol. The second kappa shape index (κ2) is 6.21. The van der Waals surface area contributed by atoms with Crippen molar-refractivity contribution >= 4 is 22.5 Å². The van der Waals surface area contributed by atoms with E-state index in [0.29, 0.717) is 11.6 Å². The molecule has 2 N–H and O–H groups in total. The lowest BCUT2D eigenvalue weighted by Crippen LogP contribution is -2.01. The van der Waals surface area contributed by atoms with Gasteiger partial charge in [-0.15, -0.1) is 11.8 Å². The average molecular weight is 257 g/mol. The van der Waals surface area contributed by atoms with E-state index in [1.54, 1.807) is 6.20 Å². The SMILES string of the molecule is CSC(=N)c1ccc(NCc2ccccn2)cc1. The summed E-state index contributed by atoms with van der Waals surface area (Å²) in [7, 11) is 0. The molecule has 0 aliphatic heterocycles. The third-order valence-electron chi connectivity index (χ3n) is 2.55. The molecule has 2 rings (SSSR count). The minimum atomic E-state index is 0.589. The molecule has 3 nitrogen and oxygen atoms in total. The maximum Gasteiger partial charge on any atom is 0.0939 e. The Morgan fingerprint density at radius 2 is 2.00 bits per heavy atom. The smallest absolute Gasteiger partial charge is 0.0939 e. The van der Waals surface area contributed by atoms with E-state index in [-0.39, 0.29) is 0 Å². The number of pyridine rings is 1. The van der Waals surface area contributed by atoms with Gasteiger partial charge in [-0.25, -0.2) is 0 Å². The fourth-order valence-corrected chi connectivity index (χ4v) is 1.92. The van der Waals surface area contributed by atoms with Gasteiger partial charge >= 0.3 is 0 Å². The molecule has 1 heterocycles. The van der Waals surface area contributed by atoms with Gasteiger partial charge < -0.3 is 5.32 Å². The van der Waals surface area contributed by atoms with Crippen LogP contribution < -0.4 is 5.32 Å². The fraction of sp³-hybridized carbons (Fsp3) is 0.143. The zero-order chi connectivity index (χ0) is 12.8. The number of nitrogens with one attached hydrogen (secondary N) is 2. The highest BCUT2D eigenvalue weighted by Gasteiger charge is 1.99. The van der Waals surface area contributed by atoms with Gasteiger partial charge in [0, 0.05) is 17.4 Å². The Labute approximate surface area is 111 Å². The molecule has 0 saturated heterocycles. The summed E-state index contributed by atoms with van der Waals surface area (Å²) in [5.41, 5.74) is 3.00. The first-order valence-electron chi connectivity index (χ1n) is 5.66. The predicted molar refractivity (Wildman–Crippen MR) is 78.3 cm³/mol. The van der Waals surface area contributed by atoms with Gasteiger partial charge in [0.2, 0.25) is 0 Å². The molecule has 0 bridgehead atoms. The summed E-state index contributed by atoms with van der Waals surface area (Å²) in [5, 5.41) is 11.6. The summed E-state index contributed by atoms with van der Waals surface area (Å²) in [6.45, 7) is 0.708. The minimum Gasteiger partial charge on any atom is -0.379 e. The molecular formula is C14H15N3S. The molecule has 92 valence electrons. The van der Waals surface area contributed by atoms with Crippen molar-refractivity contribution in [1.29, 1.82) is 5.41 Å². The Morgan fingerprint density at radius 1 is 1.22 bits per heavy atom. The largest absolute Gasteiger partial charge is 0.379 e. The summed E-state index contributed by atoms with van der Waals surface area (Å²) < 4.78 is 0. The number of rotatable bonds is 4. The Kier molecular flexibility index (Phi) is 4.36. The van der Waals surface area contributed by atoms with Crippen LogP contribution in [0.1, 0.15) is 11.3 Å². The lowest BCUT2D eigenvalue weighted by atomic mass is 10.2. The number of benzene rings is 1. The normalized spacial score (nSPS) is 10.1. The third-order valence-corrected chi connectivity index (χ3v) is 3.19. The van der Waals surface area contributed by atoms with Crippen molar-refractivity contribution in [1.82, 2.24) is 4.98 Å². The van der Waals surface area contributed by atoms with E-state index in [0.717, 1.165) is 16.9 Å². The van der Waals surface area contributed by atoms with Crippen LogP contribution in [-0.2, 0) is 6.54 Å². The molecule has 0 unspecified atom stereocenters. The van der Waals surface area contributed by atoms with Crippen LogP contribution in [0.4, 0.5) is 5.69 Å². The summed E-state index contributed by atoms with van der Waals surface area (Å²) in [4.78, 5) is 4.25. The standard InChI is InChI=1S/C14H15N3S/c1-18-14(15)11-5-7-12(8-6-11)17-10-13-4-2-3-9-16-13/h2-9,15,17H,10H2,1H3. The van der Waals surface area contributed by atoms with Crippen molar-refractivity contribution in [2.24, 2.45) is 0 Å². The maximum absolute atomic E-state index is 7.72. The van der Waals surface area contributed by atoms with Gasteiger partial charge in [0.25, 0.3) is 0 Å². The van der Waals surface area contributed by atoms with Crippen molar-refractivity contribution < 1.29 is 0 Å². The number of nitrogens with zero attached hydrogens (tertiary/aromatic N) is 1. The zero-order valence-electron chi connectivity index (χ0n) is 10.2. The highest BCUT2D eigenvalue weighted by molar-refractivity contribution is 8.13. The molecule has 1 aromatic heterocycles. The van der Waals surface area contributed by atoms with Gasteiger partial charge in [-0.1, -0.05) is 18.2 Å². The van der Waals surface area contributed by atoms with Crippen molar-refractivity contribution in [3.05, 3.63) is 59.9 Å². The van der Waals surface area contributed by atoms with Crippen LogP contribution >= 0.6 is 11.8 Å². The molecule has 4 heteroatoms. The molecule has 0 aliphatic rings. The lowest BCUT2D eigenvalue weighted by molar-refractivity contribution is 1.05. The molecule has 0 fully saturated rings. The fourth-order valence-electron chi connectivity index (χ4n) is 1.55. The van der Waals surface area contributed by atoms with Crippen LogP contribution in [0.15, 0.2) is 48.7 Å². The van der Waals surface area contributed by atoms with Gasteiger partial charge in [-0.2, -0.15) is 0 Å². The molecule has 1 aromatic carbocycles. The number of hydrogen-bond donors (Lipinski definition) is 2. The molecule has 18 heavy (non-hydrogen) atoms. The maximum atomic E-state index is 7.72. The van der Waals surface area contributed by atoms with Crippen molar-refractivity contribution in [2.75, 3.05) is 11.6 Å². The van der Waals surface area contributed by atoms with E-state index in [1.165, 1.54) is 11.8 Å². The first-order valence-corrected chi connectivity index (χ1v) is 6.89. The number of hydrogen-bond acceptors (Lipinski definition) is 4. The molecule has 2 aromatic rings. The molecule has 0 spiro atoms. The van der Waals surface area contributed by atoms with Crippen LogP contribution in [0.5, 0.6) is 0 Å². The monoisotopic (exact) mass is 257 g/mol. The molecule has 0 atom stereocenters. The first kappa shape index (κ1) is 12.6. The number of aromatic nitrogens is 1. The molecule has 0 aliphatic carbocycles. The van der Waals surface area contributed by atoms with Crippen molar-refractivity contribution in [3.63, 3.8) is 0 Å². The van der Waals surface area contributed by atoms with E-state index < -0.39 is 0 Å². The quantitative estimate of drug-likeness (QED) is 0.652. The summed E-state index contributed by atoms with van der Waals surface area (Å²) in [6, 6.07) is 13.8. The van der Waals surface area contributed by atoms with E-state index in [1.807, 2.05) is 48.7 Å². The van der Waals surface area contributed by atoms with Gasteiger partial charge in [-0.3, -0.25) is 10.4 Å². The van der Waals surface area contributed by atoms with Crippen LogP contribution in [0.3, 0.4) is 0 Å². The topological polar surface area (TPSA) is 48.8 Å². The number of thioether (sulfide) groups is 1. The van der Waals surface area contributed by atoms with Crippen LogP contribution in [0, 0.1) is 5.41 Å². The van der Waals surface area contributed by atoms with Crippen LogP contribution in [0.25, 0.3) is 0 Å². The van der Waals surface area contributed by atoms with Gasteiger partial charge in [-0.05, 0) is 30.5 Å². The zero-order valence-corrected chi connectivity index (χ0v) is 11.0. The Hall–Kier alpha value is -1.81. The Balaban J connectivity index is 1.97. The molecule has 0 saturated carbocycles. The van der Waals surface area contributed by atoms with Gasteiger partial charge in [0.05, 0.1) is 17.3 Å². The summed E-state index contributed by atoms with van der Waals surface area (Å²) in [6.07, 6.45) is 3.70. The van der Waals surface area contributed by atoms with E-state index >= 15 is 0 Å². The van der Waals surface area contributed by atoms with Crippen molar-refractivity contribution in [3.8, 4) is 0 Å². The average Bonchev–Trinajstić information content (AvgIpc) is 2.46. The van der Waals surface area contributed by atoms with E-state index in [9.17, 15) is 0 Å². The van der Waals surface area contributed by atoms with E-state index in [2.05, 4.69) is 10.3 Å². The highest BCUT2D eigenvalue weighted by atomic mass is 32.2. The molecule has 0 radical (unpaired) electrons. The highest BCUT2D eigenvalue weighted by Crippen LogP contribution is 2.14. The Morgan fingerprint density at radius 3 is 2.61 bits per heavy atom. The second-order valence-electron chi connectivity index (χ2n) is 3.79. The third kappa shape index (κ3) is 3.34. The van der Waals surface area contributed by atoms with Crippen LogP contribution in [0.2, 0.25) is 0 Å². The predicted octanol–water partition coefficient (Wildman–Crippen LogP) is 3.38. The summed E-state index contributed by atoms with van der Waals surface area (Å²) in [5.74, 6) is 0. The van der Waals surface area contributed by atoms with Gasteiger partial charge in [0.1, 0.15) is 0 Å². The van der Waals surface area contributed by atoms with E-state index in [4.69, 9.17) is 5.41 Å². The minimum absolute atomic E-state index is 0.589. The number of anilines is 1. The lowest BCUT2D eigenvalue weighted by Gasteiger charge is -2.07. The van der Waals surface area contributed by atoms with Crippen LogP contribution in [-0.4, -0.2) is 16.3 Å². The summed E-state index contributed by atoms with van der Waals surface area (Å²) >= 11 is 1.45. The first-order chi connectivity index (χ1) is 8.79. The second-order valence-corrected chi connectivity index (χ2v) is 4.60. The van der Waals surface area contributed by atoms with Crippen molar-refractivity contribution in [2.45, 2.75) is 6.54 Å².